The molecule has 0 unspecified atom stereocenters. The summed E-state index contributed by atoms with van der Waals surface area (Å²) < 4.78 is 18.1. The Bertz CT molecular complexity index is 393. The number of alkyl halides is 1. The average molecular weight is 227 g/mol. The molecular weight excluding hydrogens is 213 g/mol. The molecule has 6 heteroatoms. The predicted octanol–water partition coefficient (Wildman–Crippen LogP) is 0.381. The number of carbonyl (C=O) groups excluding carboxylic acids is 1. The Kier molecular flexibility index (Phi) is 2.91. The number of aromatic nitrogens is 1. The van der Waals surface area contributed by atoms with Crippen molar-refractivity contribution in [2.75, 3.05) is 6.54 Å². The summed E-state index contributed by atoms with van der Waals surface area (Å²) in [5.41, 5.74) is 5.91. The SMILES string of the molecule is Cc1cc(CN2C[C@H](F)C[C@H]2C(N)=O)no1. The molecule has 2 rings (SSSR count). The van der Waals surface area contributed by atoms with Gasteiger partial charge in [0.25, 0.3) is 0 Å². The zero-order valence-corrected chi connectivity index (χ0v) is 9.02. The fourth-order valence-corrected chi connectivity index (χ4v) is 2.02. The van der Waals surface area contributed by atoms with Crippen LogP contribution in [0.4, 0.5) is 4.39 Å². The molecule has 1 amide bonds. The topological polar surface area (TPSA) is 72.4 Å². The van der Waals surface area contributed by atoms with Crippen molar-refractivity contribution in [2.45, 2.75) is 32.1 Å². The van der Waals surface area contributed by atoms with E-state index in [4.69, 9.17) is 10.3 Å². The lowest BCUT2D eigenvalue weighted by atomic mass is 10.2. The Balaban J connectivity index is 2.05. The number of rotatable bonds is 3. The van der Waals surface area contributed by atoms with E-state index in [0.717, 1.165) is 0 Å². The minimum atomic E-state index is -0.995. The van der Waals surface area contributed by atoms with Crippen LogP contribution < -0.4 is 5.73 Å². The van der Waals surface area contributed by atoms with Crippen molar-refractivity contribution in [3.05, 3.63) is 17.5 Å². The van der Waals surface area contributed by atoms with Gasteiger partial charge >= 0.3 is 0 Å². The second-order valence-corrected chi connectivity index (χ2v) is 4.11. The molecule has 5 nitrogen and oxygen atoms in total. The lowest BCUT2D eigenvalue weighted by molar-refractivity contribution is -0.122. The maximum Gasteiger partial charge on any atom is 0.234 e. The Labute approximate surface area is 92.4 Å². The van der Waals surface area contributed by atoms with Crippen LogP contribution in [0.2, 0.25) is 0 Å². The zero-order chi connectivity index (χ0) is 11.7. The van der Waals surface area contributed by atoms with Gasteiger partial charge in [0.05, 0.1) is 11.7 Å². The van der Waals surface area contributed by atoms with E-state index in [1.807, 2.05) is 0 Å². The van der Waals surface area contributed by atoms with E-state index >= 15 is 0 Å². The second-order valence-electron chi connectivity index (χ2n) is 4.11. The number of amides is 1. The highest BCUT2D eigenvalue weighted by Crippen LogP contribution is 2.22. The van der Waals surface area contributed by atoms with Crippen molar-refractivity contribution in [1.29, 1.82) is 0 Å². The summed E-state index contributed by atoms with van der Waals surface area (Å²) in [6, 6.07) is 1.23. The van der Waals surface area contributed by atoms with Gasteiger partial charge in [0.2, 0.25) is 5.91 Å². The van der Waals surface area contributed by atoms with Crippen LogP contribution in [0.25, 0.3) is 0 Å². The number of primary amides is 1. The molecule has 0 aliphatic carbocycles. The van der Waals surface area contributed by atoms with Gasteiger partial charge in [-0.25, -0.2) is 4.39 Å². The Hall–Kier alpha value is -1.43. The second kappa shape index (κ2) is 4.21. The molecule has 2 atom stereocenters. The molecule has 1 aromatic rings. The molecule has 0 aromatic carbocycles. The van der Waals surface area contributed by atoms with Gasteiger partial charge in [0.1, 0.15) is 11.9 Å². The van der Waals surface area contributed by atoms with Crippen LogP contribution in [0.15, 0.2) is 10.6 Å². The van der Waals surface area contributed by atoms with Gasteiger partial charge in [-0.2, -0.15) is 0 Å². The average Bonchev–Trinajstić information content (AvgIpc) is 2.74. The molecule has 0 spiro atoms. The monoisotopic (exact) mass is 227 g/mol. The first-order valence-corrected chi connectivity index (χ1v) is 5.16. The van der Waals surface area contributed by atoms with E-state index in [2.05, 4.69) is 5.16 Å². The van der Waals surface area contributed by atoms with E-state index in [1.54, 1.807) is 17.9 Å². The number of nitrogens with two attached hydrogens (primary N) is 1. The molecule has 0 radical (unpaired) electrons. The van der Waals surface area contributed by atoms with Crippen LogP contribution in [0.5, 0.6) is 0 Å². The Morgan fingerprint density at radius 2 is 2.56 bits per heavy atom. The fraction of sp³-hybridized carbons (Fsp3) is 0.600. The van der Waals surface area contributed by atoms with Crippen molar-refractivity contribution in [2.24, 2.45) is 5.73 Å². The first-order valence-electron chi connectivity index (χ1n) is 5.16. The minimum Gasteiger partial charge on any atom is -0.368 e. The number of halogens is 1. The van der Waals surface area contributed by atoms with E-state index in [0.29, 0.717) is 18.0 Å². The summed E-state index contributed by atoms with van der Waals surface area (Å²) in [4.78, 5) is 12.8. The Morgan fingerprint density at radius 1 is 1.81 bits per heavy atom. The molecule has 1 aromatic heterocycles. The van der Waals surface area contributed by atoms with Crippen molar-refractivity contribution in [3.63, 3.8) is 0 Å². The Morgan fingerprint density at radius 3 is 3.12 bits per heavy atom. The molecule has 1 aliphatic heterocycles. The molecule has 2 N–H and O–H groups in total. The largest absolute Gasteiger partial charge is 0.368 e. The number of carbonyl (C=O) groups is 1. The van der Waals surface area contributed by atoms with Crippen LogP contribution in [0.3, 0.4) is 0 Å². The van der Waals surface area contributed by atoms with Crippen LogP contribution >= 0.6 is 0 Å². The summed E-state index contributed by atoms with van der Waals surface area (Å²) in [7, 11) is 0. The van der Waals surface area contributed by atoms with Gasteiger partial charge < -0.3 is 10.3 Å². The van der Waals surface area contributed by atoms with Gasteiger partial charge in [-0.1, -0.05) is 5.16 Å². The maximum atomic E-state index is 13.2. The van der Waals surface area contributed by atoms with Gasteiger partial charge in [0, 0.05) is 25.6 Å². The number of likely N-dealkylation sites (tertiary alicyclic amines) is 1. The van der Waals surface area contributed by atoms with Crippen molar-refractivity contribution < 1.29 is 13.7 Å². The molecule has 2 heterocycles. The summed E-state index contributed by atoms with van der Waals surface area (Å²) >= 11 is 0. The lowest BCUT2D eigenvalue weighted by Crippen LogP contribution is -2.39. The van der Waals surface area contributed by atoms with Crippen LogP contribution in [-0.4, -0.2) is 34.7 Å². The third-order valence-corrected chi connectivity index (χ3v) is 2.72. The summed E-state index contributed by atoms with van der Waals surface area (Å²) in [6.07, 6.45) is -0.822. The van der Waals surface area contributed by atoms with Gasteiger partial charge in [-0.15, -0.1) is 0 Å². The molecule has 1 saturated heterocycles. The first-order chi connectivity index (χ1) is 7.56. The minimum absolute atomic E-state index is 0.173. The highest BCUT2D eigenvalue weighted by molar-refractivity contribution is 5.80. The van der Waals surface area contributed by atoms with Crippen molar-refractivity contribution in [3.8, 4) is 0 Å². The predicted molar refractivity (Wildman–Crippen MR) is 54.1 cm³/mol. The number of hydrogen-bond acceptors (Lipinski definition) is 4. The smallest absolute Gasteiger partial charge is 0.234 e. The molecule has 1 aliphatic rings. The third-order valence-electron chi connectivity index (χ3n) is 2.72. The van der Waals surface area contributed by atoms with Gasteiger partial charge in [0.15, 0.2) is 0 Å². The van der Waals surface area contributed by atoms with E-state index in [9.17, 15) is 9.18 Å². The fourth-order valence-electron chi connectivity index (χ4n) is 2.02. The lowest BCUT2D eigenvalue weighted by Gasteiger charge is -2.19. The number of aryl methyl sites for hydroxylation is 1. The van der Waals surface area contributed by atoms with E-state index in [-0.39, 0.29) is 13.0 Å². The summed E-state index contributed by atoms with van der Waals surface area (Å²) in [5, 5.41) is 3.81. The van der Waals surface area contributed by atoms with Crippen molar-refractivity contribution >= 4 is 5.91 Å². The highest BCUT2D eigenvalue weighted by atomic mass is 19.1. The van der Waals surface area contributed by atoms with Crippen molar-refractivity contribution in [1.82, 2.24) is 10.1 Å². The van der Waals surface area contributed by atoms with E-state index < -0.39 is 18.1 Å². The molecule has 0 bridgehead atoms. The quantitative estimate of drug-likeness (QED) is 0.810. The molecule has 16 heavy (non-hydrogen) atoms. The van der Waals surface area contributed by atoms with E-state index in [1.165, 1.54) is 0 Å². The standard InChI is InChI=1S/C10H14FN3O2/c1-6-2-8(13-16-6)5-14-4-7(11)3-9(14)10(12)15/h2,7,9H,3-5H2,1H3,(H2,12,15)/t7-,9+/m1/s1. The molecule has 0 saturated carbocycles. The highest BCUT2D eigenvalue weighted by Gasteiger charge is 2.35. The number of nitrogens with zero attached hydrogens (tertiary/aromatic N) is 2. The zero-order valence-electron chi connectivity index (χ0n) is 9.02. The normalized spacial score (nSPS) is 26.1. The molecule has 88 valence electrons. The van der Waals surface area contributed by atoms with Gasteiger partial charge in [-0.3, -0.25) is 9.69 Å². The molecule has 1 fully saturated rings. The van der Waals surface area contributed by atoms with Crippen LogP contribution in [0.1, 0.15) is 17.9 Å². The van der Waals surface area contributed by atoms with Gasteiger partial charge in [-0.05, 0) is 6.92 Å². The summed E-state index contributed by atoms with van der Waals surface area (Å²) in [5.74, 6) is 0.210. The van der Waals surface area contributed by atoms with Crippen LogP contribution in [0, 0.1) is 6.92 Å². The maximum absolute atomic E-state index is 13.2. The first kappa shape index (κ1) is 11.1. The summed E-state index contributed by atoms with van der Waals surface area (Å²) in [6.45, 7) is 2.40. The molecular formula is C10H14FN3O2. The van der Waals surface area contributed by atoms with Crippen LogP contribution in [-0.2, 0) is 11.3 Å². The third kappa shape index (κ3) is 2.21. The number of hydrogen-bond donors (Lipinski definition) is 1.